The number of benzene rings is 2. The summed E-state index contributed by atoms with van der Waals surface area (Å²) in [5, 5.41) is 3.86. The molecule has 34 heavy (non-hydrogen) atoms. The molecule has 9 heteroatoms. The lowest BCUT2D eigenvalue weighted by atomic mass is 10.0. The maximum absolute atomic E-state index is 13.5. The first-order valence-corrected chi connectivity index (χ1v) is 11.2. The highest BCUT2D eigenvalue weighted by atomic mass is 35.5. The summed E-state index contributed by atoms with van der Waals surface area (Å²) in [7, 11) is 5.51. The van der Waals surface area contributed by atoms with Crippen molar-refractivity contribution in [3.8, 4) is 5.75 Å². The minimum absolute atomic E-state index is 0.00547. The van der Waals surface area contributed by atoms with Crippen LogP contribution in [0.25, 0.3) is 10.9 Å². The molecule has 0 saturated heterocycles. The molecule has 0 unspecified atom stereocenters. The van der Waals surface area contributed by atoms with Gasteiger partial charge in [0.15, 0.2) is 5.78 Å². The minimum Gasteiger partial charge on any atom is -0.493 e. The Labute approximate surface area is 203 Å². The molecule has 3 rings (SSSR count). The first kappa shape index (κ1) is 25.6. The van der Waals surface area contributed by atoms with Gasteiger partial charge in [0.25, 0.3) is 0 Å². The number of methoxy groups -OCH3 is 1. The molecule has 0 aliphatic rings. The van der Waals surface area contributed by atoms with Crippen LogP contribution in [-0.4, -0.2) is 61.6 Å². The Morgan fingerprint density at radius 1 is 1.21 bits per heavy atom. The summed E-state index contributed by atoms with van der Waals surface area (Å²) >= 11 is 5.91. The van der Waals surface area contributed by atoms with Crippen LogP contribution in [-0.2, 0) is 16.0 Å². The molecular formula is C25H28ClFN4O3. The number of halogens is 2. The van der Waals surface area contributed by atoms with Gasteiger partial charge in [-0.15, -0.1) is 0 Å². The number of rotatable bonds is 12. The van der Waals surface area contributed by atoms with Crippen molar-refractivity contribution in [2.45, 2.75) is 12.8 Å². The van der Waals surface area contributed by atoms with Crippen molar-refractivity contribution in [1.82, 2.24) is 14.9 Å². The van der Waals surface area contributed by atoms with Crippen molar-refractivity contribution in [2.24, 2.45) is 0 Å². The van der Waals surface area contributed by atoms with E-state index < -0.39 is 5.82 Å². The van der Waals surface area contributed by atoms with E-state index in [4.69, 9.17) is 21.1 Å². The quantitative estimate of drug-likeness (QED) is 0.291. The maximum Gasteiger partial charge on any atom is 0.159 e. The predicted molar refractivity (Wildman–Crippen MR) is 133 cm³/mol. The number of aromatic nitrogens is 2. The normalized spacial score (nSPS) is 11.5. The standard InChI is InChI=1S/C25H28ClFN4O3/c1-31(2)9-4-6-19(32)12-17-13-20-23(15-24(17)34-11-5-10-33-3)28-16-29-25(20)30-18-7-8-22(27)21(26)14-18/h4,6-8,13-16H,5,9-12H2,1-3H3,(H,28,29,30)/b6-4+. The Balaban J connectivity index is 1.94. The third-order valence-corrected chi connectivity index (χ3v) is 5.18. The summed E-state index contributed by atoms with van der Waals surface area (Å²) in [6.07, 6.45) is 5.72. The van der Waals surface area contributed by atoms with Crippen molar-refractivity contribution in [1.29, 1.82) is 0 Å². The van der Waals surface area contributed by atoms with Gasteiger partial charge >= 0.3 is 0 Å². The number of likely N-dealkylation sites (N-methyl/N-ethyl adjacent to an activating group) is 1. The highest BCUT2D eigenvalue weighted by Crippen LogP contribution is 2.31. The summed E-state index contributed by atoms with van der Waals surface area (Å²) in [5.41, 5.74) is 1.95. The molecule has 1 N–H and O–H groups in total. The van der Waals surface area contributed by atoms with Crippen molar-refractivity contribution in [3.63, 3.8) is 0 Å². The Hall–Kier alpha value is -3.07. The van der Waals surface area contributed by atoms with E-state index in [2.05, 4.69) is 15.3 Å². The number of nitrogens with one attached hydrogen (secondary N) is 1. The first-order chi connectivity index (χ1) is 16.4. The highest BCUT2D eigenvalue weighted by molar-refractivity contribution is 6.31. The van der Waals surface area contributed by atoms with Crippen LogP contribution in [0.3, 0.4) is 0 Å². The maximum atomic E-state index is 13.5. The zero-order chi connectivity index (χ0) is 24.5. The molecule has 0 fully saturated rings. The molecule has 0 aliphatic heterocycles. The summed E-state index contributed by atoms with van der Waals surface area (Å²) in [6, 6.07) is 8.00. The van der Waals surface area contributed by atoms with Crippen LogP contribution in [0.15, 0.2) is 48.8 Å². The number of ketones is 1. The molecule has 0 radical (unpaired) electrons. The van der Waals surface area contributed by atoms with Crippen LogP contribution in [0.5, 0.6) is 5.75 Å². The topological polar surface area (TPSA) is 76.6 Å². The molecule has 2 aromatic carbocycles. The van der Waals surface area contributed by atoms with Gasteiger partial charge in [-0.25, -0.2) is 14.4 Å². The van der Waals surface area contributed by atoms with Crippen molar-refractivity contribution in [3.05, 3.63) is 65.2 Å². The second-order valence-electron chi connectivity index (χ2n) is 7.96. The summed E-state index contributed by atoms with van der Waals surface area (Å²) < 4.78 is 24.6. The summed E-state index contributed by atoms with van der Waals surface area (Å²) in [6.45, 7) is 1.69. The number of anilines is 2. The molecule has 0 amide bonds. The first-order valence-electron chi connectivity index (χ1n) is 10.8. The van der Waals surface area contributed by atoms with Gasteiger partial charge < -0.3 is 19.7 Å². The molecule has 0 saturated carbocycles. The average molecular weight is 487 g/mol. The molecule has 0 spiro atoms. The Bertz CT molecular complexity index is 1170. The molecule has 1 heterocycles. The number of carbonyl (C=O) groups excluding carboxylic acids is 1. The zero-order valence-corrected chi connectivity index (χ0v) is 20.2. The van der Waals surface area contributed by atoms with Gasteiger partial charge in [0.1, 0.15) is 23.7 Å². The largest absolute Gasteiger partial charge is 0.493 e. The lowest BCUT2D eigenvalue weighted by Crippen LogP contribution is -2.11. The second-order valence-corrected chi connectivity index (χ2v) is 8.36. The van der Waals surface area contributed by atoms with Crippen LogP contribution < -0.4 is 10.1 Å². The smallest absolute Gasteiger partial charge is 0.159 e. The SMILES string of the molecule is COCCCOc1cc2ncnc(Nc3ccc(F)c(Cl)c3)c2cc1CC(=O)/C=C/CN(C)C. The Kier molecular flexibility index (Phi) is 9.33. The number of hydrogen-bond donors (Lipinski definition) is 1. The Morgan fingerprint density at radius 2 is 2.03 bits per heavy atom. The van der Waals surface area contributed by atoms with Gasteiger partial charge in [-0.1, -0.05) is 17.7 Å². The number of carbonyl (C=O) groups is 1. The van der Waals surface area contributed by atoms with Crippen LogP contribution in [0.4, 0.5) is 15.9 Å². The van der Waals surface area contributed by atoms with E-state index >= 15 is 0 Å². The molecule has 0 bridgehead atoms. The van der Waals surface area contributed by atoms with Gasteiger partial charge in [0.05, 0.1) is 17.1 Å². The molecule has 7 nitrogen and oxygen atoms in total. The molecule has 3 aromatic rings. The fraction of sp³-hybridized carbons (Fsp3) is 0.320. The lowest BCUT2D eigenvalue weighted by molar-refractivity contribution is -0.114. The number of fused-ring (bicyclic) bond motifs is 1. The van der Waals surface area contributed by atoms with Gasteiger partial charge in [-0.2, -0.15) is 0 Å². The van der Waals surface area contributed by atoms with Gasteiger partial charge in [-0.05, 0) is 44.4 Å². The third-order valence-electron chi connectivity index (χ3n) is 4.89. The summed E-state index contributed by atoms with van der Waals surface area (Å²) in [5.74, 6) is 0.556. The molecule has 0 atom stereocenters. The van der Waals surface area contributed by atoms with Crippen molar-refractivity contribution >= 4 is 39.8 Å². The average Bonchev–Trinajstić information content (AvgIpc) is 2.79. The van der Waals surface area contributed by atoms with E-state index in [9.17, 15) is 9.18 Å². The fourth-order valence-corrected chi connectivity index (χ4v) is 3.42. The third kappa shape index (κ3) is 7.21. The Morgan fingerprint density at radius 3 is 2.76 bits per heavy atom. The van der Waals surface area contributed by atoms with Crippen LogP contribution in [0, 0.1) is 5.82 Å². The minimum atomic E-state index is -0.502. The molecular weight excluding hydrogens is 459 g/mol. The van der Waals surface area contributed by atoms with E-state index in [1.807, 2.05) is 31.1 Å². The number of nitrogens with zero attached hydrogens (tertiary/aromatic N) is 3. The fourth-order valence-electron chi connectivity index (χ4n) is 3.24. The number of ether oxygens (including phenoxy) is 2. The van der Waals surface area contributed by atoms with Crippen molar-refractivity contribution in [2.75, 3.05) is 46.3 Å². The van der Waals surface area contributed by atoms with Crippen LogP contribution in [0.1, 0.15) is 12.0 Å². The number of hydrogen-bond acceptors (Lipinski definition) is 7. The second kappa shape index (κ2) is 12.4. The van der Waals surface area contributed by atoms with E-state index in [1.165, 1.54) is 18.5 Å². The van der Waals surface area contributed by atoms with E-state index in [1.54, 1.807) is 25.3 Å². The molecule has 1 aromatic heterocycles. The zero-order valence-electron chi connectivity index (χ0n) is 19.5. The van der Waals surface area contributed by atoms with Gasteiger partial charge in [0, 0.05) is 55.8 Å². The van der Waals surface area contributed by atoms with Crippen molar-refractivity contribution < 1.29 is 18.7 Å². The lowest BCUT2D eigenvalue weighted by Gasteiger charge is -2.14. The van der Waals surface area contributed by atoms with Crippen LogP contribution in [0.2, 0.25) is 5.02 Å². The number of allylic oxidation sites excluding steroid dienone is 1. The van der Waals surface area contributed by atoms with Gasteiger partial charge in [-0.3, -0.25) is 4.79 Å². The monoisotopic (exact) mass is 486 g/mol. The molecule has 0 aliphatic carbocycles. The summed E-state index contributed by atoms with van der Waals surface area (Å²) in [4.78, 5) is 23.3. The highest BCUT2D eigenvalue weighted by Gasteiger charge is 2.14. The van der Waals surface area contributed by atoms with E-state index in [0.29, 0.717) is 54.3 Å². The predicted octanol–water partition coefficient (Wildman–Crippen LogP) is 4.81. The van der Waals surface area contributed by atoms with E-state index in [0.717, 1.165) is 5.56 Å². The van der Waals surface area contributed by atoms with Crippen LogP contribution >= 0.6 is 11.6 Å². The van der Waals surface area contributed by atoms with E-state index in [-0.39, 0.29) is 17.2 Å². The molecule has 180 valence electrons. The van der Waals surface area contributed by atoms with Gasteiger partial charge in [0.2, 0.25) is 0 Å².